The zero-order valence-corrected chi connectivity index (χ0v) is 12.5. The molecule has 0 amide bonds. The van der Waals surface area contributed by atoms with E-state index in [1.165, 1.54) is 22.2 Å². The second-order valence-corrected chi connectivity index (χ2v) is 6.64. The summed E-state index contributed by atoms with van der Waals surface area (Å²) >= 11 is 0. The van der Waals surface area contributed by atoms with Gasteiger partial charge in [-0.05, 0) is 17.7 Å². The molecule has 0 saturated heterocycles. The molecule has 0 aliphatic heterocycles. The monoisotopic (exact) mass is 305 g/mol. The second-order valence-electron chi connectivity index (χ2n) is 4.63. The molecule has 8 heteroatoms. The van der Waals surface area contributed by atoms with Crippen LogP contribution in [0.4, 0.5) is 5.82 Å². The summed E-state index contributed by atoms with van der Waals surface area (Å²) < 4.78 is 27.4. The van der Waals surface area contributed by atoms with Crippen molar-refractivity contribution in [1.29, 1.82) is 5.26 Å². The third kappa shape index (κ3) is 3.04. The average Bonchev–Trinajstić information content (AvgIpc) is 2.78. The van der Waals surface area contributed by atoms with Gasteiger partial charge < -0.3 is 5.73 Å². The van der Waals surface area contributed by atoms with Gasteiger partial charge in [-0.25, -0.2) is 8.42 Å². The molecular formula is C13H15N5O2S. The molecule has 2 N–H and O–H groups in total. The van der Waals surface area contributed by atoms with Crippen molar-refractivity contribution >= 4 is 15.8 Å². The maximum Gasteiger partial charge on any atom is 0.248 e. The number of sulfonamides is 1. The highest BCUT2D eigenvalue weighted by molar-refractivity contribution is 7.89. The Morgan fingerprint density at radius 1 is 1.48 bits per heavy atom. The Morgan fingerprint density at radius 3 is 2.76 bits per heavy atom. The summed E-state index contributed by atoms with van der Waals surface area (Å²) in [6.07, 6.45) is 1.37. The van der Waals surface area contributed by atoms with E-state index in [1.54, 1.807) is 31.3 Å². The lowest BCUT2D eigenvalue weighted by molar-refractivity contribution is 0.467. The third-order valence-corrected chi connectivity index (χ3v) is 4.79. The van der Waals surface area contributed by atoms with Crippen molar-refractivity contribution in [3.05, 3.63) is 41.6 Å². The summed E-state index contributed by atoms with van der Waals surface area (Å²) in [5, 5.41) is 12.7. The highest BCUT2D eigenvalue weighted by atomic mass is 32.2. The second kappa shape index (κ2) is 5.55. The molecule has 2 aromatic rings. The quantitative estimate of drug-likeness (QED) is 0.895. The molecule has 110 valence electrons. The molecule has 1 heterocycles. The fourth-order valence-corrected chi connectivity index (χ4v) is 3.18. The number of aryl methyl sites for hydroxylation is 1. The van der Waals surface area contributed by atoms with E-state index in [0.29, 0.717) is 5.56 Å². The summed E-state index contributed by atoms with van der Waals surface area (Å²) in [5.41, 5.74) is 6.83. The molecule has 2 rings (SSSR count). The topological polar surface area (TPSA) is 105 Å². The number of aromatic nitrogens is 2. The fourth-order valence-electron chi connectivity index (χ4n) is 1.93. The van der Waals surface area contributed by atoms with Crippen LogP contribution < -0.4 is 5.73 Å². The summed E-state index contributed by atoms with van der Waals surface area (Å²) in [5.74, 6) is -0.0323. The van der Waals surface area contributed by atoms with Crippen LogP contribution in [0.15, 0.2) is 35.4 Å². The summed E-state index contributed by atoms with van der Waals surface area (Å²) in [7, 11) is -0.662. The SMILES string of the molecule is CN(Cc1cccc(C#N)c1)S(=O)(=O)c1cn(C)nc1N. The molecule has 21 heavy (non-hydrogen) atoms. The van der Waals surface area contributed by atoms with E-state index < -0.39 is 10.0 Å². The highest BCUT2D eigenvalue weighted by Crippen LogP contribution is 2.21. The average molecular weight is 305 g/mol. The largest absolute Gasteiger partial charge is 0.381 e. The number of benzene rings is 1. The molecule has 0 fully saturated rings. The molecule has 0 radical (unpaired) electrons. The summed E-state index contributed by atoms with van der Waals surface area (Å²) in [4.78, 5) is -0.0241. The highest BCUT2D eigenvalue weighted by Gasteiger charge is 2.25. The van der Waals surface area contributed by atoms with Crippen LogP contribution >= 0.6 is 0 Å². The van der Waals surface area contributed by atoms with E-state index in [1.807, 2.05) is 6.07 Å². The van der Waals surface area contributed by atoms with Crippen LogP contribution in [0.3, 0.4) is 0 Å². The van der Waals surface area contributed by atoms with Crippen molar-refractivity contribution in [2.24, 2.45) is 7.05 Å². The zero-order chi connectivity index (χ0) is 15.6. The minimum absolute atomic E-state index is 0.0241. The van der Waals surface area contributed by atoms with E-state index in [2.05, 4.69) is 5.10 Å². The maximum atomic E-state index is 12.5. The normalized spacial score (nSPS) is 11.5. The predicted molar refractivity (Wildman–Crippen MR) is 77.4 cm³/mol. The van der Waals surface area contributed by atoms with Crippen molar-refractivity contribution in [3.8, 4) is 6.07 Å². The van der Waals surface area contributed by atoms with Gasteiger partial charge in [-0.15, -0.1) is 0 Å². The number of rotatable bonds is 4. The Hall–Kier alpha value is -2.37. The third-order valence-electron chi connectivity index (χ3n) is 2.97. The standard InChI is InChI=1S/C13H15N5O2S/c1-17-9-12(13(15)16-17)21(19,20)18(2)8-11-5-3-4-10(6-11)7-14/h3-6,9H,8H2,1-2H3,(H2,15,16). The Balaban J connectivity index is 2.29. The number of nitrogens with zero attached hydrogens (tertiary/aromatic N) is 4. The number of hydrogen-bond donors (Lipinski definition) is 1. The lowest BCUT2D eigenvalue weighted by atomic mass is 10.1. The molecular weight excluding hydrogens is 290 g/mol. The Labute approximate surface area is 123 Å². The molecule has 0 aliphatic carbocycles. The molecule has 0 bridgehead atoms. The van der Waals surface area contributed by atoms with E-state index in [9.17, 15) is 8.42 Å². The number of hydrogen-bond acceptors (Lipinski definition) is 5. The van der Waals surface area contributed by atoms with Gasteiger partial charge in [-0.2, -0.15) is 14.7 Å². The van der Waals surface area contributed by atoms with Gasteiger partial charge in [0.15, 0.2) is 5.82 Å². The van der Waals surface area contributed by atoms with Crippen molar-refractivity contribution in [3.63, 3.8) is 0 Å². The van der Waals surface area contributed by atoms with Crippen LogP contribution in [-0.2, 0) is 23.6 Å². The van der Waals surface area contributed by atoms with Crippen LogP contribution in [0.2, 0.25) is 0 Å². The minimum Gasteiger partial charge on any atom is -0.381 e. The zero-order valence-electron chi connectivity index (χ0n) is 11.7. The molecule has 0 unspecified atom stereocenters. The van der Waals surface area contributed by atoms with Crippen molar-refractivity contribution < 1.29 is 8.42 Å². The molecule has 0 atom stereocenters. The van der Waals surface area contributed by atoms with Gasteiger partial charge >= 0.3 is 0 Å². The molecule has 7 nitrogen and oxygen atoms in total. The van der Waals surface area contributed by atoms with Crippen molar-refractivity contribution in [2.75, 3.05) is 12.8 Å². The molecule has 1 aromatic heterocycles. The number of nitriles is 1. The first-order valence-corrected chi connectivity index (χ1v) is 7.53. The number of anilines is 1. The fraction of sp³-hybridized carbons (Fsp3) is 0.231. The predicted octanol–water partition coefficient (Wildman–Crippen LogP) is 0.695. The maximum absolute atomic E-state index is 12.5. The Morgan fingerprint density at radius 2 is 2.19 bits per heavy atom. The van der Waals surface area contributed by atoms with E-state index in [-0.39, 0.29) is 17.3 Å². The van der Waals surface area contributed by atoms with Gasteiger partial charge in [0.25, 0.3) is 0 Å². The van der Waals surface area contributed by atoms with Crippen molar-refractivity contribution in [1.82, 2.24) is 14.1 Å². The Kier molecular flexibility index (Phi) is 3.97. The minimum atomic E-state index is -3.72. The van der Waals surface area contributed by atoms with Crippen LogP contribution in [0, 0.1) is 11.3 Å². The first-order chi connectivity index (χ1) is 9.84. The lowest BCUT2D eigenvalue weighted by Gasteiger charge is -2.16. The van der Waals surface area contributed by atoms with Crippen LogP contribution in [0.5, 0.6) is 0 Å². The van der Waals surface area contributed by atoms with Gasteiger partial charge in [0, 0.05) is 26.8 Å². The molecule has 0 aliphatic rings. The number of nitrogen functional groups attached to an aromatic ring is 1. The summed E-state index contributed by atoms with van der Waals surface area (Å²) in [6.45, 7) is 0.145. The van der Waals surface area contributed by atoms with Gasteiger partial charge in [-0.1, -0.05) is 12.1 Å². The molecule has 0 saturated carbocycles. The van der Waals surface area contributed by atoms with E-state index in [0.717, 1.165) is 5.56 Å². The molecule has 0 spiro atoms. The lowest BCUT2D eigenvalue weighted by Crippen LogP contribution is -2.26. The van der Waals surface area contributed by atoms with Gasteiger partial charge in [0.1, 0.15) is 4.90 Å². The first-order valence-electron chi connectivity index (χ1n) is 6.09. The smallest absolute Gasteiger partial charge is 0.248 e. The van der Waals surface area contributed by atoms with Crippen LogP contribution in [-0.4, -0.2) is 29.6 Å². The van der Waals surface area contributed by atoms with E-state index >= 15 is 0 Å². The van der Waals surface area contributed by atoms with E-state index in [4.69, 9.17) is 11.0 Å². The van der Waals surface area contributed by atoms with Crippen LogP contribution in [0.25, 0.3) is 0 Å². The Bertz CT molecular complexity index is 804. The van der Waals surface area contributed by atoms with Crippen molar-refractivity contribution in [2.45, 2.75) is 11.4 Å². The summed E-state index contributed by atoms with van der Waals surface area (Å²) in [6, 6.07) is 8.82. The van der Waals surface area contributed by atoms with Gasteiger partial charge in [0.2, 0.25) is 10.0 Å². The van der Waals surface area contributed by atoms with Crippen LogP contribution in [0.1, 0.15) is 11.1 Å². The first kappa shape index (κ1) is 15.0. The van der Waals surface area contributed by atoms with Gasteiger partial charge in [0.05, 0.1) is 11.6 Å². The van der Waals surface area contributed by atoms with Gasteiger partial charge in [-0.3, -0.25) is 4.68 Å². The molecule has 1 aromatic carbocycles. The number of nitrogens with two attached hydrogens (primary N) is 1.